The summed E-state index contributed by atoms with van der Waals surface area (Å²) in [6.45, 7) is 0. The van der Waals surface area contributed by atoms with Gasteiger partial charge < -0.3 is 26.8 Å². The zero-order valence-electron chi connectivity index (χ0n) is 3.35. The molecule has 0 aromatic carbocycles. The number of hydrogen-bond acceptors (Lipinski definition) is 6. The molecule has 0 spiro atoms. The Kier molecular flexibility index (Phi) is 1500. The predicted molar refractivity (Wildman–Crippen MR) is 19.6 cm³/mol. The Bertz CT molecular complexity index is 23.2. The van der Waals surface area contributed by atoms with Crippen LogP contribution in [-0.4, -0.2) is 21.9 Å². The maximum Gasteiger partial charge on any atom is 2.00 e. The molecule has 0 heterocycles. The molecule has 8 heavy (non-hydrogen) atoms. The van der Waals surface area contributed by atoms with Gasteiger partial charge in [-0.25, -0.2) is 0 Å². The van der Waals surface area contributed by atoms with Gasteiger partial charge in [0.2, 0.25) is 0 Å². The molecule has 0 unspecified atom stereocenters. The van der Waals surface area contributed by atoms with Crippen molar-refractivity contribution in [3.63, 3.8) is 0 Å². The smallest absolute Gasteiger partial charge is 0.870 e. The Balaban J connectivity index is -0.000000000952. The first-order valence-electron chi connectivity index (χ1n) is 0.365. The Morgan fingerprint density at radius 3 is 1.12 bits per heavy atom. The Morgan fingerprint density at radius 1 is 1.12 bits per heavy atom. The second-order valence-corrected chi connectivity index (χ2v) is 0.224. The van der Waals surface area contributed by atoms with Crippen LogP contribution in [0.4, 0.5) is 0 Å². The predicted octanol–water partition coefficient (Wildman–Crippen LogP) is -0.664. The minimum absolute atomic E-state index is 0. The minimum atomic E-state index is -1.08. The summed E-state index contributed by atoms with van der Waals surface area (Å²) in [5.74, 6) is 0. The van der Waals surface area contributed by atoms with E-state index in [1.54, 1.807) is 0 Å². The van der Waals surface area contributed by atoms with Gasteiger partial charge in [0.15, 0.2) is 0 Å². The molecule has 0 aliphatic heterocycles. The average Bonchev–Trinajstić information content (AvgIpc) is 0.918. The van der Waals surface area contributed by atoms with Crippen LogP contribution < -0.4 is 4.89 Å². The van der Waals surface area contributed by atoms with Crippen LogP contribution in [0.2, 0.25) is 0 Å². The second kappa shape index (κ2) is 152. The zero-order chi connectivity index (χ0) is 2.71. The molecule has 0 rings (SSSR count). The fourth-order valence-corrected chi connectivity index (χ4v) is 0. The molecule has 0 atom stereocenters. The van der Waals surface area contributed by atoms with Gasteiger partial charge >= 0.3 is 17.1 Å². The molecule has 0 aromatic rings. The van der Waals surface area contributed by atoms with Crippen molar-refractivity contribution in [1.29, 1.82) is 0 Å². The van der Waals surface area contributed by atoms with Gasteiger partial charge in [-0.1, -0.05) is 0 Å². The van der Waals surface area contributed by atoms with Crippen molar-refractivity contribution in [2.24, 2.45) is 0 Å². The van der Waals surface area contributed by atoms with E-state index in [1.807, 2.05) is 0 Å². The van der Waals surface area contributed by atoms with Crippen molar-refractivity contribution in [3.05, 3.63) is 0 Å². The van der Waals surface area contributed by atoms with Crippen molar-refractivity contribution in [2.45, 2.75) is 0 Å². The van der Waals surface area contributed by atoms with Gasteiger partial charge in [0.05, 0.1) is 8.69 Å². The molecule has 0 aliphatic rings. The number of hydrogen-bond donors (Lipinski definition) is 0. The summed E-state index contributed by atoms with van der Waals surface area (Å²) in [6.07, 6.45) is 0. The van der Waals surface area contributed by atoms with Crippen LogP contribution >= 0.6 is 8.69 Å². The molecular formula is H8CuO6P-3. The molecule has 1 radical (unpaired) electrons. The summed E-state index contributed by atoms with van der Waals surface area (Å²) < 4.78 is 8.35. The fraction of sp³-hybridized carbons (Fsp3) is 0. The van der Waals surface area contributed by atoms with Gasteiger partial charge in [-0.15, -0.1) is 0 Å². The van der Waals surface area contributed by atoms with E-state index in [1.165, 1.54) is 0 Å². The maximum atomic E-state index is 8.35. The van der Waals surface area contributed by atoms with E-state index >= 15 is 0 Å². The molecule has 8 heteroatoms. The van der Waals surface area contributed by atoms with Crippen molar-refractivity contribution in [3.8, 4) is 0 Å². The molecule has 0 fully saturated rings. The first kappa shape index (κ1) is 79.2. The average molecular weight is 199 g/mol. The van der Waals surface area contributed by atoms with E-state index < -0.39 is 8.69 Å². The van der Waals surface area contributed by atoms with E-state index in [-0.39, 0.29) is 41.8 Å². The van der Waals surface area contributed by atoms with Crippen molar-refractivity contribution in [1.82, 2.24) is 0 Å². The van der Waals surface area contributed by atoms with E-state index in [4.69, 9.17) is 9.46 Å². The molecule has 0 saturated heterocycles. The summed E-state index contributed by atoms with van der Waals surface area (Å²) in [5, 5.41) is 0. The second-order valence-electron chi connectivity index (χ2n) is 0.0745. The maximum absolute atomic E-state index is 8.35. The van der Waals surface area contributed by atoms with E-state index in [2.05, 4.69) is 0 Å². The van der Waals surface area contributed by atoms with Crippen LogP contribution in [0.3, 0.4) is 0 Å². The molecule has 6 nitrogen and oxygen atoms in total. The standard InChI is InChI=1S/Cu.HO2P.4H2O.2H2/c;1-3-2;;;;;;/h;(H,1,2);4*1H2;2*1H/q+2;;;;;;;/p-5. The monoisotopic (exact) mass is 198 g/mol. The SMILES string of the molecule is O=P[O-].[Cu+2].[HH].[HH].[OH-].[OH-].[OH-].[OH-]. The molecule has 0 aliphatic carbocycles. The molecular weight excluding hydrogens is 191 g/mol. The quantitative estimate of drug-likeness (QED) is 0.371. The van der Waals surface area contributed by atoms with Crippen LogP contribution in [0, 0.1) is 0 Å². The van der Waals surface area contributed by atoms with Gasteiger partial charge in [0.1, 0.15) is 0 Å². The van der Waals surface area contributed by atoms with Crippen molar-refractivity contribution < 1.29 is 51.3 Å². The minimum Gasteiger partial charge on any atom is -0.870 e. The van der Waals surface area contributed by atoms with Gasteiger partial charge in [-0.3, -0.25) is 4.57 Å². The van der Waals surface area contributed by atoms with Crippen LogP contribution in [0.25, 0.3) is 0 Å². The summed E-state index contributed by atoms with van der Waals surface area (Å²) in [5.41, 5.74) is 0. The van der Waals surface area contributed by atoms with Gasteiger partial charge in [0.25, 0.3) is 0 Å². The molecule has 4 N–H and O–H groups in total. The van der Waals surface area contributed by atoms with Crippen LogP contribution in [0.5, 0.6) is 0 Å². The zero-order valence-corrected chi connectivity index (χ0v) is 5.19. The molecule has 0 bridgehead atoms. The van der Waals surface area contributed by atoms with Crippen molar-refractivity contribution >= 4 is 8.69 Å². The first-order valence-corrected chi connectivity index (χ1v) is 1.10. The third-order valence-electron chi connectivity index (χ3n) is 0. The van der Waals surface area contributed by atoms with Gasteiger partial charge in [-0.2, -0.15) is 0 Å². The largest absolute Gasteiger partial charge is 2.00 e. The fourth-order valence-electron chi connectivity index (χ4n) is 0. The normalized spacial score (nSPS) is 2.62. The van der Waals surface area contributed by atoms with E-state index in [0.717, 1.165) is 0 Å². The Morgan fingerprint density at radius 2 is 1.12 bits per heavy atom. The summed E-state index contributed by atoms with van der Waals surface area (Å²) in [4.78, 5) is 8.35. The number of rotatable bonds is 0. The third-order valence-corrected chi connectivity index (χ3v) is 0. The Labute approximate surface area is 60.9 Å². The van der Waals surface area contributed by atoms with E-state index in [0.29, 0.717) is 0 Å². The first-order chi connectivity index (χ1) is 1.41. The summed E-state index contributed by atoms with van der Waals surface area (Å²) in [7, 11) is -1.08. The topological polar surface area (TPSA) is 160 Å². The van der Waals surface area contributed by atoms with Gasteiger partial charge in [0, 0.05) is 2.85 Å². The van der Waals surface area contributed by atoms with Crippen LogP contribution in [0.15, 0.2) is 0 Å². The van der Waals surface area contributed by atoms with Crippen LogP contribution in [0.1, 0.15) is 2.85 Å². The van der Waals surface area contributed by atoms with Crippen molar-refractivity contribution in [2.75, 3.05) is 0 Å². The van der Waals surface area contributed by atoms with E-state index in [9.17, 15) is 0 Å². The molecule has 0 amide bonds. The molecule has 0 saturated carbocycles. The molecule has 0 aromatic heterocycles. The summed E-state index contributed by atoms with van der Waals surface area (Å²) >= 11 is 0. The van der Waals surface area contributed by atoms with Gasteiger partial charge in [-0.05, 0) is 0 Å². The summed E-state index contributed by atoms with van der Waals surface area (Å²) in [6, 6.07) is 0. The molecule has 63 valence electrons. The Hall–Kier alpha value is 0.419. The van der Waals surface area contributed by atoms with Crippen LogP contribution in [-0.2, 0) is 21.6 Å². The third kappa shape index (κ3) is 1070.